The Balaban J connectivity index is 2.41. The Hall–Kier alpha value is -1.52. The first kappa shape index (κ1) is 15.9. The van der Waals surface area contributed by atoms with E-state index in [4.69, 9.17) is 11.6 Å². The van der Waals surface area contributed by atoms with Crippen LogP contribution in [0.5, 0.6) is 0 Å². The van der Waals surface area contributed by atoms with E-state index >= 15 is 0 Å². The molecule has 5 heteroatoms. The second-order valence-electron chi connectivity index (χ2n) is 4.93. The van der Waals surface area contributed by atoms with Gasteiger partial charge in [0.15, 0.2) is 0 Å². The number of hydrogen-bond donors (Lipinski definition) is 1. The fourth-order valence-electron chi connectivity index (χ4n) is 2.10. The minimum atomic E-state index is -3.69. The van der Waals surface area contributed by atoms with Crippen LogP contribution in [-0.4, -0.2) is 8.42 Å². The quantitative estimate of drug-likeness (QED) is 0.870. The molecule has 1 atom stereocenters. The molecule has 0 spiro atoms. The third kappa shape index (κ3) is 3.57. The molecule has 0 aliphatic heterocycles. The Morgan fingerprint density at radius 2 is 1.71 bits per heavy atom. The van der Waals surface area contributed by atoms with E-state index in [1.165, 1.54) is 6.07 Å². The van der Waals surface area contributed by atoms with E-state index in [1.807, 2.05) is 18.2 Å². The summed E-state index contributed by atoms with van der Waals surface area (Å²) in [6.07, 6.45) is 0.935. The molecule has 0 radical (unpaired) electrons. The van der Waals surface area contributed by atoms with E-state index in [0.29, 0.717) is 5.69 Å². The summed E-state index contributed by atoms with van der Waals surface area (Å²) in [5.41, 5.74) is 1.59. The Kier molecular flexibility index (Phi) is 4.91. The van der Waals surface area contributed by atoms with Crippen molar-refractivity contribution in [2.45, 2.75) is 31.1 Å². The average Bonchev–Trinajstić information content (AvgIpc) is 2.47. The predicted molar refractivity (Wildman–Crippen MR) is 87.4 cm³/mol. The summed E-state index contributed by atoms with van der Waals surface area (Å²) in [4.78, 5) is 0.0885. The van der Waals surface area contributed by atoms with Crippen molar-refractivity contribution in [3.63, 3.8) is 0 Å². The molecule has 0 fully saturated rings. The van der Waals surface area contributed by atoms with Crippen molar-refractivity contribution < 1.29 is 8.42 Å². The van der Waals surface area contributed by atoms with Gasteiger partial charge in [-0.25, -0.2) is 8.42 Å². The first-order valence-corrected chi connectivity index (χ1v) is 8.68. The summed E-state index contributed by atoms with van der Waals surface area (Å²) in [6, 6.07) is 13.9. The molecule has 0 saturated carbocycles. The van der Waals surface area contributed by atoms with E-state index in [9.17, 15) is 8.42 Å². The first-order valence-electron chi connectivity index (χ1n) is 6.82. The van der Waals surface area contributed by atoms with Crippen LogP contribution < -0.4 is 4.72 Å². The predicted octanol–water partition coefficient (Wildman–Crippen LogP) is 4.65. The van der Waals surface area contributed by atoms with Crippen molar-refractivity contribution in [2.75, 3.05) is 4.72 Å². The molecule has 0 aromatic heterocycles. The maximum Gasteiger partial charge on any atom is 0.263 e. The Morgan fingerprint density at radius 1 is 1.10 bits per heavy atom. The van der Waals surface area contributed by atoms with E-state index < -0.39 is 10.0 Å². The number of hydrogen-bond acceptors (Lipinski definition) is 2. The van der Waals surface area contributed by atoms with Gasteiger partial charge in [0, 0.05) is 0 Å². The van der Waals surface area contributed by atoms with Gasteiger partial charge in [0.05, 0.1) is 10.7 Å². The summed E-state index contributed by atoms with van der Waals surface area (Å²) in [6.45, 7) is 4.15. The third-order valence-corrected chi connectivity index (χ3v) is 5.34. The Bertz CT molecular complexity index is 729. The molecule has 112 valence electrons. The number of halogens is 1. The molecule has 0 unspecified atom stereocenters. The fourth-order valence-corrected chi connectivity index (χ4v) is 3.71. The SMILES string of the molecule is CC[C@@H](C)c1ccccc1NS(=O)(=O)c1ccccc1Cl. The smallest absolute Gasteiger partial charge is 0.263 e. The highest BCUT2D eigenvalue weighted by Crippen LogP contribution is 2.29. The fraction of sp³-hybridized carbons (Fsp3) is 0.250. The largest absolute Gasteiger partial charge is 0.279 e. The van der Waals surface area contributed by atoms with Crippen molar-refractivity contribution in [1.29, 1.82) is 0 Å². The van der Waals surface area contributed by atoms with Gasteiger partial charge in [-0.15, -0.1) is 0 Å². The maximum atomic E-state index is 12.5. The van der Waals surface area contributed by atoms with Gasteiger partial charge >= 0.3 is 0 Å². The average molecular weight is 324 g/mol. The van der Waals surface area contributed by atoms with Gasteiger partial charge in [-0.05, 0) is 36.1 Å². The summed E-state index contributed by atoms with van der Waals surface area (Å²) in [5.74, 6) is 0.273. The number of nitrogens with one attached hydrogen (secondary N) is 1. The van der Waals surface area contributed by atoms with Gasteiger partial charge in [0.2, 0.25) is 0 Å². The third-order valence-electron chi connectivity index (χ3n) is 3.47. The van der Waals surface area contributed by atoms with Gasteiger partial charge in [-0.2, -0.15) is 0 Å². The van der Waals surface area contributed by atoms with Crippen LogP contribution >= 0.6 is 11.6 Å². The highest BCUT2D eigenvalue weighted by Gasteiger charge is 2.19. The van der Waals surface area contributed by atoms with E-state index in [2.05, 4.69) is 18.6 Å². The molecule has 2 aromatic carbocycles. The zero-order chi connectivity index (χ0) is 15.5. The molecule has 3 nitrogen and oxygen atoms in total. The molecule has 0 aliphatic rings. The Morgan fingerprint density at radius 3 is 2.38 bits per heavy atom. The number of sulfonamides is 1. The van der Waals surface area contributed by atoms with Crippen LogP contribution in [0.1, 0.15) is 31.7 Å². The number of anilines is 1. The van der Waals surface area contributed by atoms with Gasteiger partial charge in [0.1, 0.15) is 4.90 Å². The summed E-state index contributed by atoms with van der Waals surface area (Å²) >= 11 is 5.99. The lowest BCUT2D eigenvalue weighted by Gasteiger charge is -2.16. The van der Waals surface area contributed by atoms with Gasteiger partial charge < -0.3 is 0 Å². The normalized spacial score (nSPS) is 12.9. The van der Waals surface area contributed by atoms with Crippen LogP contribution in [-0.2, 0) is 10.0 Å². The van der Waals surface area contributed by atoms with Crippen LogP contribution in [0.2, 0.25) is 5.02 Å². The maximum absolute atomic E-state index is 12.5. The van der Waals surface area contributed by atoms with Gasteiger partial charge in [-0.3, -0.25) is 4.72 Å². The highest BCUT2D eigenvalue weighted by atomic mass is 35.5. The van der Waals surface area contributed by atoms with Crippen molar-refractivity contribution in [1.82, 2.24) is 0 Å². The summed E-state index contributed by atoms with van der Waals surface area (Å²) < 4.78 is 27.6. The zero-order valence-corrected chi connectivity index (χ0v) is 13.6. The molecule has 1 N–H and O–H groups in total. The second kappa shape index (κ2) is 6.50. The lowest BCUT2D eigenvalue weighted by molar-refractivity contribution is 0.601. The zero-order valence-electron chi connectivity index (χ0n) is 12.0. The lowest BCUT2D eigenvalue weighted by Crippen LogP contribution is -2.15. The molecule has 2 aromatic rings. The van der Waals surface area contributed by atoms with Crippen molar-refractivity contribution in [3.05, 3.63) is 59.1 Å². The molecule has 0 saturated heterocycles. The van der Waals surface area contributed by atoms with Crippen LogP contribution in [0, 0.1) is 0 Å². The van der Waals surface area contributed by atoms with Gasteiger partial charge in [0.25, 0.3) is 10.0 Å². The molecule has 2 rings (SSSR count). The highest BCUT2D eigenvalue weighted by molar-refractivity contribution is 7.92. The molecule has 21 heavy (non-hydrogen) atoms. The monoisotopic (exact) mass is 323 g/mol. The molecule has 0 heterocycles. The van der Waals surface area contributed by atoms with E-state index in [-0.39, 0.29) is 15.8 Å². The van der Waals surface area contributed by atoms with Crippen molar-refractivity contribution in [2.24, 2.45) is 0 Å². The summed E-state index contributed by atoms with van der Waals surface area (Å²) in [5, 5.41) is 0.214. The van der Waals surface area contributed by atoms with Crippen LogP contribution in [0.15, 0.2) is 53.4 Å². The number of rotatable bonds is 5. The van der Waals surface area contributed by atoms with Crippen molar-refractivity contribution in [3.8, 4) is 0 Å². The standard InChI is InChI=1S/C16H18ClNO2S/c1-3-12(2)13-8-4-6-10-15(13)18-21(19,20)16-11-7-5-9-14(16)17/h4-12,18H,3H2,1-2H3/t12-/m1/s1. The van der Waals surface area contributed by atoms with E-state index in [0.717, 1.165) is 12.0 Å². The number of para-hydroxylation sites is 1. The van der Waals surface area contributed by atoms with E-state index in [1.54, 1.807) is 24.3 Å². The van der Waals surface area contributed by atoms with Crippen LogP contribution in [0.4, 0.5) is 5.69 Å². The molecule has 0 aliphatic carbocycles. The molecular formula is C16H18ClNO2S. The van der Waals surface area contributed by atoms with Crippen molar-refractivity contribution >= 4 is 27.3 Å². The minimum Gasteiger partial charge on any atom is -0.279 e. The Labute approximate surface area is 131 Å². The van der Waals surface area contributed by atoms with Crippen LogP contribution in [0.25, 0.3) is 0 Å². The molecule has 0 amide bonds. The molecule has 0 bridgehead atoms. The second-order valence-corrected chi connectivity index (χ2v) is 6.99. The number of benzene rings is 2. The minimum absolute atomic E-state index is 0.0885. The lowest BCUT2D eigenvalue weighted by atomic mass is 9.97. The van der Waals surface area contributed by atoms with Crippen LogP contribution in [0.3, 0.4) is 0 Å². The van der Waals surface area contributed by atoms with Gasteiger partial charge in [-0.1, -0.05) is 55.8 Å². The molecular weight excluding hydrogens is 306 g/mol. The first-order chi connectivity index (χ1) is 9.95. The topological polar surface area (TPSA) is 46.2 Å². The summed E-state index contributed by atoms with van der Waals surface area (Å²) in [7, 11) is -3.69.